The van der Waals surface area contributed by atoms with E-state index in [1.165, 1.54) is 19.1 Å². The van der Waals surface area contributed by atoms with Gasteiger partial charge in [-0.25, -0.2) is 4.79 Å². The molecule has 0 aromatic heterocycles. The van der Waals surface area contributed by atoms with Gasteiger partial charge in [0, 0.05) is 6.92 Å². The van der Waals surface area contributed by atoms with Crippen LogP contribution in [0.4, 0.5) is 0 Å². The Kier molecular flexibility index (Phi) is 4.05. The van der Waals surface area contributed by atoms with E-state index in [2.05, 4.69) is 6.92 Å². The van der Waals surface area contributed by atoms with E-state index in [9.17, 15) is 9.59 Å². The summed E-state index contributed by atoms with van der Waals surface area (Å²) in [4.78, 5) is 22.4. The number of hydrogen-bond acceptors (Lipinski definition) is 4. The van der Waals surface area contributed by atoms with Gasteiger partial charge in [-0.1, -0.05) is 12.1 Å². The smallest absolute Gasteiger partial charge is 0.342 e. The summed E-state index contributed by atoms with van der Waals surface area (Å²) >= 11 is 0. The highest BCUT2D eigenvalue weighted by atomic mass is 16.6. The highest BCUT2D eigenvalue weighted by molar-refractivity contribution is 5.93. The predicted octanol–water partition coefficient (Wildman–Crippen LogP) is 1.99. The summed E-state index contributed by atoms with van der Waals surface area (Å²) in [5.41, 5.74) is 0.216. The molecule has 1 aromatic rings. The molecule has 0 aliphatic rings. The number of carbonyl (C=O) groups excluding carboxylic acids is 2. The van der Waals surface area contributed by atoms with Gasteiger partial charge in [0.15, 0.2) is 0 Å². The third-order valence-corrected chi connectivity index (χ3v) is 1.67. The number of rotatable bonds is 3. The molecule has 0 aliphatic carbocycles. The molecule has 0 heterocycles. The highest BCUT2D eigenvalue weighted by Crippen LogP contribution is 2.19. The molecule has 16 heavy (non-hydrogen) atoms. The second-order valence-electron chi connectivity index (χ2n) is 3.31. The molecule has 0 spiro atoms. The van der Waals surface area contributed by atoms with Gasteiger partial charge in [0.25, 0.3) is 0 Å². The zero-order valence-electron chi connectivity index (χ0n) is 9.23. The lowest BCUT2D eigenvalue weighted by molar-refractivity contribution is -0.131. The highest BCUT2D eigenvalue weighted by Gasteiger charge is 2.15. The van der Waals surface area contributed by atoms with Crippen LogP contribution in [0.15, 0.2) is 24.3 Å². The van der Waals surface area contributed by atoms with E-state index in [4.69, 9.17) is 9.47 Å². The molecule has 1 atom stereocenters. The molecule has 0 saturated heterocycles. The first-order valence-electron chi connectivity index (χ1n) is 4.82. The number of ether oxygens (including phenoxy) is 2. The molecule has 1 radical (unpaired) electrons. The van der Waals surface area contributed by atoms with Crippen LogP contribution in [0.2, 0.25) is 0 Å². The van der Waals surface area contributed by atoms with Crippen molar-refractivity contribution in [3.8, 4) is 5.75 Å². The first-order valence-corrected chi connectivity index (χ1v) is 4.82. The molecule has 4 heteroatoms. The SMILES string of the molecule is [CH2]C(C)OC(=O)c1ccccc1OC(C)=O. The molecular formula is C12H13O4. The lowest BCUT2D eigenvalue weighted by Crippen LogP contribution is -2.14. The molecule has 0 amide bonds. The summed E-state index contributed by atoms with van der Waals surface area (Å²) in [7, 11) is 0. The topological polar surface area (TPSA) is 52.6 Å². The third kappa shape index (κ3) is 3.38. The van der Waals surface area contributed by atoms with Gasteiger partial charge < -0.3 is 9.47 Å². The number of carbonyl (C=O) groups is 2. The van der Waals surface area contributed by atoms with Gasteiger partial charge in [-0.05, 0) is 26.0 Å². The van der Waals surface area contributed by atoms with Crippen LogP contribution in [-0.4, -0.2) is 18.0 Å². The van der Waals surface area contributed by atoms with Crippen molar-refractivity contribution in [3.63, 3.8) is 0 Å². The van der Waals surface area contributed by atoms with Crippen LogP contribution in [0, 0.1) is 6.92 Å². The summed E-state index contributed by atoms with van der Waals surface area (Å²) < 4.78 is 9.81. The van der Waals surface area contributed by atoms with Crippen molar-refractivity contribution in [2.24, 2.45) is 0 Å². The molecule has 1 unspecified atom stereocenters. The normalized spacial score (nSPS) is 10.0. The molecular weight excluding hydrogens is 208 g/mol. The van der Waals surface area contributed by atoms with Crippen molar-refractivity contribution in [2.75, 3.05) is 0 Å². The molecule has 0 fully saturated rings. The summed E-state index contributed by atoms with van der Waals surface area (Å²) in [6.07, 6.45) is -0.460. The van der Waals surface area contributed by atoms with Crippen molar-refractivity contribution in [1.29, 1.82) is 0 Å². The Morgan fingerprint density at radius 3 is 2.50 bits per heavy atom. The van der Waals surface area contributed by atoms with Crippen LogP contribution in [0.1, 0.15) is 24.2 Å². The summed E-state index contributed by atoms with van der Waals surface area (Å²) in [6.45, 7) is 6.46. The Hall–Kier alpha value is -1.84. The molecule has 0 saturated carbocycles. The number of hydrogen-bond donors (Lipinski definition) is 0. The van der Waals surface area contributed by atoms with Gasteiger partial charge in [0.1, 0.15) is 11.3 Å². The maximum atomic E-state index is 11.6. The van der Waals surface area contributed by atoms with Crippen molar-refractivity contribution >= 4 is 11.9 Å². The Morgan fingerprint density at radius 2 is 1.94 bits per heavy atom. The fourth-order valence-electron chi connectivity index (χ4n) is 1.13. The van der Waals surface area contributed by atoms with E-state index in [0.29, 0.717) is 0 Å². The Balaban J connectivity index is 2.94. The van der Waals surface area contributed by atoms with Crippen molar-refractivity contribution in [2.45, 2.75) is 20.0 Å². The first-order chi connectivity index (χ1) is 7.50. The fraction of sp³-hybridized carbons (Fsp3) is 0.250. The van der Waals surface area contributed by atoms with Crippen molar-refractivity contribution in [1.82, 2.24) is 0 Å². The number of benzene rings is 1. The maximum Gasteiger partial charge on any atom is 0.342 e. The van der Waals surface area contributed by atoms with Crippen molar-refractivity contribution < 1.29 is 19.1 Å². The van der Waals surface area contributed by atoms with Gasteiger partial charge in [0.2, 0.25) is 0 Å². The maximum absolute atomic E-state index is 11.6. The van der Waals surface area contributed by atoms with Gasteiger partial charge in [-0.3, -0.25) is 4.79 Å². The van der Waals surface area contributed by atoms with Gasteiger partial charge in [-0.15, -0.1) is 0 Å². The van der Waals surface area contributed by atoms with Crippen LogP contribution in [0.5, 0.6) is 5.75 Å². The largest absolute Gasteiger partial charge is 0.459 e. The zero-order valence-corrected chi connectivity index (χ0v) is 9.23. The van der Waals surface area contributed by atoms with E-state index in [1.54, 1.807) is 19.1 Å². The average Bonchev–Trinajstić information content (AvgIpc) is 2.16. The lowest BCUT2D eigenvalue weighted by atomic mass is 10.2. The quantitative estimate of drug-likeness (QED) is 0.578. The number of esters is 2. The molecule has 85 valence electrons. The summed E-state index contributed by atoms with van der Waals surface area (Å²) in [5.74, 6) is -0.845. The van der Waals surface area contributed by atoms with Crippen LogP contribution in [-0.2, 0) is 9.53 Å². The van der Waals surface area contributed by atoms with Gasteiger partial charge in [-0.2, -0.15) is 0 Å². The fourth-order valence-corrected chi connectivity index (χ4v) is 1.13. The van der Waals surface area contributed by atoms with Crippen LogP contribution in [0.25, 0.3) is 0 Å². The number of para-hydroxylation sites is 1. The van der Waals surface area contributed by atoms with Gasteiger partial charge in [0.05, 0.1) is 6.10 Å². The minimum Gasteiger partial charge on any atom is -0.459 e. The van der Waals surface area contributed by atoms with E-state index >= 15 is 0 Å². The van der Waals surface area contributed by atoms with E-state index < -0.39 is 18.0 Å². The molecule has 0 aliphatic heterocycles. The average molecular weight is 221 g/mol. The molecule has 1 rings (SSSR count). The Labute approximate surface area is 94.2 Å². The molecule has 4 nitrogen and oxygen atoms in total. The first kappa shape index (κ1) is 12.2. The molecule has 0 N–H and O–H groups in total. The second-order valence-corrected chi connectivity index (χ2v) is 3.31. The van der Waals surface area contributed by atoms with Gasteiger partial charge >= 0.3 is 11.9 Å². The minimum absolute atomic E-state index is 0.195. The van der Waals surface area contributed by atoms with Crippen LogP contribution in [0.3, 0.4) is 0 Å². The second kappa shape index (κ2) is 5.30. The van der Waals surface area contributed by atoms with E-state index in [0.717, 1.165) is 0 Å². The lowest BCUT2D eigenvalue weighted by Gasteiger charge is -2.10. The predicted molar refractivity (Wildman–Crippen MR) is 58.0 cm³/mol. The van der Waals surface area contributed by atoms with Crippen LogP contribution >= 0.6 is 0 Å². The monoisotopic (exact) mass is 221 g/mol. The van der Waals surface area contributed by atoms with Crippen molar-refractivity contribution in [3.05, 3.63) is 36.8 Å². The summed E-state index contributed by atoms with van der Waals surface area (Å²) in [5, 5.41) is 0. The van der Waals surface area contributed by atoms with E-state index in [1.807, 2.05) is 0 Å². The molecule has 1 aromatic carbocycles. The molecule has 0 bridgehead atoms. The minimum atomic E-state index is -0.556. The summed E-state index contributed by atoms with van der Waals surface area (Å²) in [6, 6.07) is 6.40. The Bertz CT molecular complexity index is 396. The standard InChI is InChI=1S/C12H13O4/c1-8(2)15-12(14)10-6-4-5-7-11(10)16-9(3)13/h4-8H,1H2,2-3H3. The van der Waals surface area contributed by atoms with Crippen LogP contribution < -0.4 is 4.74 Å². The Morgan fingerprint density at radius 1 is 1.31 bits per heavy atom. The van der Waals surface area contributed by atoms with E-state index in [-0.39, 0.29) is 11.3 Å². The third-order valence-electron chi connectivity index (χ3n) is 1.67. The zero-order chi connectivity index (χ0) is 12.1.